The minimum Gasteiger partial charge on any atom is -0.392 e. The van der Waals surface area contributed by atoms with Crippen molar-refractivity contribution in [3.8, 4) is 0 Å². The summed E-state index contributed by atoms with van der Waals surface area (Å²) in [4.78, 5) is 0. The molecule has 2 rings (SSSR count). The van der Waals surface area contributed by atoms with E-state index < -0.39 is 0 Å². The minimum absolute atomic E-state index is 0.0649. The second-order valence-electron chi connectivity index (χ2n) is 2.84. The minimum atomic E-state index is -0.0649. The van der Waals surface area contributed by atoms with Crippen LogP contribution in [-0.2, 0) is 0 Å². The van der Waals surface area contributed by atoms with E-state index in [1.54, 1.807) is 0 Å². The zero-order valence-electron chi connectivity index (χ0n) is 5.75. The normalized spacial score (nSPS) is 29.5. The fourth-order valence-corrected chi connectivity index (χ4v) is 1.35. The average molecular weight is 134 g/mol. The van der Waals surface area contributed by atoms with E-state index >= 15 is 0 Å². The predicted molar refractivity (Wildman–Crippen MR) is 40.5 cm³/mol. The zero-order valence-corrected chi connectivity index (χ0v) is 5.75. The van der Waals surface area contributed by atoms with Crippen LogP contribution in [0.1, 0.15) is 12.8 Å². The number of allylic oxidation sites excluding steroid dienone is 5. The molecule has 1 heteroatoms. The SMILES string of the molecule is OC1CC(=C2C=CC=C2)C1. The van der Waals surface area contributed by atoms with Gasteiger partial charge in [0.25, 0.3) is 0 Å². The molecule has 1 nitrogen and oxygen atoms in total. The lowest BCUT2D eigenvalue weighted by molar-refractivity contribution is 0.135. The van der Waals surface area contributed by atoms with Crippen LogP contribution < -0.4 is 0 Å². The van der Waals surface area contributed by atoms with Crippen LogP contribution in [0.2, 0.25) is 0 Å². The van der Waals surface area contributed by atoms with Gasteiger partial charge in [0.15, 0.2) is 0 Å². The highest BCUT2D eigenvalue weighted by Crippen LogP contribution is 2.31. The van der Waals surface area contributed by atoms with E-state index in [4.69, 9.17) is 5.11 Å². The molecule has 1 N–H and O–H groups in total. The van der Waals surface area contributed by atoms with Crippen LogP contribution in [0.25, 0.3) is 0 Å². The highest BCUT2D eigenvalue weighted by molar-refractivity contribution is 5.45. The van der Waals surface area contributed by atoms with Crippen LogP contribution in [0.5, 0.6) is 0 Å². The second-order valence-corrected chi connectivity index (χ2v) is 2.84. The first-order valence-electron chi connectivity index (χ1n) is 3.61. The van der Waals surface area contributed by atoms with Crippen LogP contribution in [0.4, 0.5) is 0 Å². The molecule has 0 radical (unpaired) electrons. The Balaban J connectivity index is 2.16. The van der Waals surface area contributed by atoms with Gasteiger partial charge in [0, 0.05) is 0 Å². The molecule has 10 heavy (non-hydrogen) atoms. The van der Waals surface area contributed by atoms with Gasteiger partial charge in [-0.1, -0.05) is 29.9 Å². The Morgan fingerprint density at radius 3 is 2.30 bits per heavy atom. The quantitative estimate of drug-likeness (QED) is 0.533. The standard InChI is InChI=1S/C9H10O/c10-9-5-8(6-9)7-3-1-2-4-7/h1-4,9-10H,5-6H2. The summed E-state index contributed by atoms with van der Waals surface area (Å²) in [5.74, 6) is 0. The van der Waals surface area contributed by atoms with Crippen molar-refractivity contribution in [2.24, 2.45) is 0 Å². The molecule has 2 aliphatic rings. The number of aliphatic hydroxyl groups excluding tert-OH is 1. The van der Waals surface area contributed by atoms with Gasteiger partial charge >= 0.3 is 0 Å². The molecule has 0 heterocycles. The van der Waals surface area contributed by atoms with Crippen molar-refractivity contribution in [1.29, 1.82) is 0 Å². The molecule has 0 aromatic carbocycles. The smallest absolute Gasteiger partial charge is 0.0615 e. The summed E-state index contributed by atoms with van der Waals surface area (Å²) in [7, 11) is 0. The molecule has 0 aromatic heterocycles. The van der Waals surface area contributed by atoms with Crippen LogP contribution in [0, 0.1) is 0 Å². The van der Waals surface area contributed by atoms with Crippen molar-refractivity contribution < 1.29 is 5.11 Å². The summed E-state index contributed by atoms with van der Waals surface area (Å²) in [6.07, 6.45) is 9.96. The predicted octanol–water partition coefficient (Wildman–Crippen LogP) is 1.56. The average Bonchev–Trinajstić information content (AvgIpc) is 2.31. The van der Waals surface area contributed by atoms with Crippen molar-refractivity contribution in [3.05, 3.63) is 35.5 Å². The lowest BCUT2D eigenvalue weighted by Crippen LogP contribution is -2.20. The van der Waals surface area contributed by atoms with Crippen molar-refractivity contribution in [3.63, 3.8) is 0 Å². The van der Waals surface area contributed by atoms with Crippen molar-refractivity contribution in [1.82, 2.24) is 0 Å². The zero-order chi connectivity index (χ0) is 6.97. The molecule has 0 amide bonds. The van der Waals surface area contributed by atoms with E-state index in [1.165, 1.54) is 11.1 Å². The topological polar surface area (TPSA) is 20.2 Å². The van der Waals surface area contributed by atoms with Crippen LogP contribution in [0.3, 0.4) is 0 Å². The Morgan fingerprint density at radius 2 is 1.80 bits per heavy atom. The molecule has 0 aromatic rings. The molecule has 0 bridgehead atoms. The van der Waals surface area contributed by atoms with Crippen LogP contribution >= 0.6 is 0 Å². The van der Waals surface area contributed by atoms with Crippen molar-refractivity contribution >= 4 is 0 Å². The van der Waals surface area contributed by atoms with E-state index in [-0.39, 0.29) is 6.10 Å². The maximum Gasteiger partial charge on any atom is 0.0615 e. The maximum atomic E-state index is 9.00. The van der Waals surface area contributed by atoms with Gasteiger partial charge in [-0.15, -0.1) is 0 Å². The highest BCUT2D eigenvalue weighted by Gasteiger charge is 2.22. The Hall–Kier alpha value is -0.820. The Bertz CT molecular complexity index is 211. The maximum absolute atomic E-state index is 9.00. The number of rotatable bonds is 0. The first-order chi connectivity index (χ1) is 4.86. The first-order valence-corrected chi connectivity index (χ1v) is 3.61. The molecule has 0 aliphatic heterocycles. The third-order valence-electron chi connectivity index (χ3n) is 2.03. The molecule has 1 saturated carbocycles. The Morgan fingerprint density at radius 1 is 1.20 bits per heavy atom. The molecular formula is C9H10O. The third kappa shape index (κ3) is 0.830. The van der Waals surface area contributed by atoms with E-state index in [0.29, 0.717) is 0 Å². The van der Waals surface area contributed by atoms with Gasteiger partial charge in [-0.2, -0.15) is 0 Å². The Labute approximate surface area is 60.4 Å². The van der Waals surface area contributed by atoms with E-state index in [0.717, 1.165) is 12.8 Å². The molecular weight excluding hydrogens is 124 g/mol. The summed E-state index contributed by atoms with van der Waals surface area (Å²) in [5, 5.41) is 9.00. The molecule has 0 saturated heterocycles. The van der Waals surface area contributed by atoms with E-state index in [9.17, 15) is 0 Å². The van der Waals surface area contributed by atoms with Crippen LogP contribution in [-0.4, -0.2) is 11.2 Å². The van der Waals surface area contributed by atoms with Gasteiger partial charge in [0.2, 0.25) is 0 Å². The summed E-state index contributed by atoms with van der Waals surface area (Å²) in [5.41, 5.74) is 2.71. The molecule has 2 aliphatic carbocycles. The van der Waals surface area contributed by atoms with Gasteiger partial charge in [-0.3, -0.25) is 0 Å². The number of hydrogen-bond donors (Lipinski definition) is 1. The van der Waals surface area contributed by atoms with Gasteiger partial charge in [-0.25, -0.2) is 0 Å². The molecule has 0 unspecified atom stereocenters. The summed E-state index contributed by atoms with van der Waals surface area (Å²) in [6, 6.07) is 0. The largest absolute Gasteiger partial charge is 0.392 e. The van der Waals surface area contributed by atoms with Gasteiger partial charge in [0.1, 0.15) is 0 Å². The number of aliphatic hydroxyl groups is 1. The molecule has 1 fully saturated rings. The fraction of sp³-hybridized carbons (Fsp3) is 0.333. The second kappa shape index (κ2) is 2.10. The molecule has 0 spiro atoms. The van der Waals surface area contributed by atoms with Crippen molar-refractivity contribution in [2.45, 2.75) is 18.9 Å². The lowest BCUT2D eigenvalue weighted by Gasteiger charge is -2.25. The highest BCUT2D eigenvalue weighted by atomic mass is 16.3. The summed E-state index contributed by atoms with van der Waals surface area (Å²) in [6.45, 7) is 0. The monoisotopic (exact) mass is 134 g/mol. The third-order valence-corrected chi connectivity index (χ3v) is 2.03. The van der Waals surface area contributed by atoms with Crippen molar-refractivity contribution in [2.75, 3.05) is 0 Å². The van der Waals surface area contributed by atoms with Gasteiger partial charge in [0.05, 0.1) is 6.10 Å². The number of hydrogen-bond acceptors (Lipinski definition) is 1. The Kier molecular flexibility index (Phi) is 1.24. The van der Waals surface area contributed by atoms with E-state index in [2.05, 4.69) is 12.2 Å². The van der Waals surface area contributed by atoms with Gasteiger partial charge in [-0.05, 0) is 18.4 Å². The van der Waals surface area contributed by atoms with E-state index in [1.807, 2.05) is 12.2 Å². The summed E-state index contributed by atoms with van der Waals surface area (Å²) >= 11 is 0. The lowest BCUT2D eigenvalue weighted by atomic mass is 9.85. The fourth-order valence-electron chi connectivity index (χ4n) is 1.35. The molecule has 0 atom stereocenters. The van der Waals surface area contributed by atoms with Crippen LogP contribution in [0.15, 0.2) is 35.5 Å². The summed E-state index contributed by atoms with van der Waals surface area (Å²) < 4.78 is 0. The van der Waals surface area contributed by atoms with Gasteiger partial charge < -0.3 is 5.11 Å². The first kappa shape index (κ1) is 5.93. The molecule has 52 valence electrons.